The summed E-state index contributed by atoms with van der Waals surface area (Å²) in [5.41, 5.74) is 2.62. The Morgan fingerprint density at radius 3 is 2.53 bits per heavy atom. The number of nitrogens with one attached hydrogen (secondary N) is 1. The van der Waals surface area contributed by atoms with Crippen molar-refractivity contribution in [3.05, 3.63) is 102 Å². The normalized spacial score (nSPS) is 11.5. The number of aryl methyl sites for hydroxylation is 2. The Balaban J connectivity index is 1.44. The Morgan fingerprint density at radius 1 is 1.06 bits per heavy atom. The van der Waals surface area contributed by atoms with Gasteiger partial charge in [-0.3, -0.25) is 9.59 Å². The number of carbonyl (C=O) groups excluding carboxylic acids is 2. The predicted octanol–water partition coefficient (Wildman–Crippen LogP) is 5.65. The van der Waals surface area contributed by atoms with Gasteiger partial charge in [0.1, 0.15) is 11.6 Å². The minimum Gasteiger partial charge on any atom is -0.495 e. The largest absolute Gasteiger partial charge is 0.495 e. The van der Waals surface area contributed by atoms with Crippen molar-refractivity contribution in [2.45, 2.75) is 25.9 Å². The van der Waals surface area contributed by atoms with Gasteiger partial charge < -0.3 is 19.2 Å². The summed E-state index contributed by atoms with van der Waals surface area (Å²) < 4.78 is 29.8. The number of esters is 1. The van der Waals surface area contributed by atoms with Gasteiger partial charge >= 0.3 is 5.97 Å². The molecule has 1 N–H and O–H groups in total. The third-order valence-corrected chi connectivity index (χ3v) is 5.43. The van der Waals surface area contributed by atoms with Gasteiger partial charge in [-0.25, -0.2) is 9.37 Å². The number of oxazole rings is 1. The van der Waals surface area contributed by atoms with Crippen LogP contribution in [-0.2, 0) is 20.7 Å². The SMILES string of the molecule is COc1ccc(C)cc1NC(=O)C(OC(=O)CCc1ncc(-c2ccc(F)cc2)o1)c1ccccc1. The number of benzene rings is 3. The Kier molecular flexibility index (Phi) is 7.75. The first-order chi connectivity index (χ1) is 17.4. The molecule has 3 aromatic carbocycles. The van der Waals surface area contributed by atoms with E-state index in [1.54, 1.807) is 48.5 Å². The highest BCUT2D eigenvalue weighted by molar-refractivity contribution is 5.97. The monoisotopic (exact) mass is 488 g/mol. The molecule has 0 aliphatic carbocycles. The molecule has 184 valence electrons. The van der Waals surface area contributed by atoms with E-state index < -0.39 is 18.0 Å². The third-order valence-electron chi connectivity index (χ3n) is 5.43. The Morgan fingerprint density at radius 2 is 1.81 bits per heavy atom. The number of carbonyl (C=O) groups is 2. The lowest BCUT2D eigenvalue weighted by Gasteiger charge is -2.19. The van der Waals surface area contributed by atoms with E-state index >= 15 is 0 Å². The number of halogens is 1. The summed E-state index contributed by atoms with van der Waals surface area (Å²) in [6.07, 6.45) is 0.481. The van der Waals surface area contributed by atoms with E-state index in [1.807, 2.05) is 19.1 Å². The van der Waals surface area contributed by atoms with Crippen LogP contribution < -0.4 is 10.1 Å². The summed E-state index contributed by atoms with van der Waals surface area (Å²) in [4.78, 5) is 30.1. The Bertz CT molecular complexity index is 1340. The molecule has 36 heavy (non-hydrogen) atoms. The van der Waals surface area contributed by atoms with E-state index in [0.29, 0.717) is 34.2 Å². The summed E-state index contributed by atoms with van der Waals surface area (Å²) in [7, 11) is 1.51. The molecule has 7 nitrogen and oxygen atoms in total. The van der Waals surface area contributed by atoms with Crippen molar-refractivity contribution in [1.29, 1.82) is 0 Å². The molecular formula is C28H25FN2O5. The molecule has 4 aromatic rings. The molecule has 0 radical (unpaired) electrons. The zero-order valence-electron chi connectivity index (χ0n) is 19.9. The Labute approximate surface area is 207 Å². The van der Waals surface area contributed by atoms with Gasteiger partial charge in [0.05, 0.1) is 25.4 Å². The van der Waals surface area contributed by atoms with Crippen molar-refractivity contribution < 1.29 is 27.9 Å². The fourth-order valence-corrected chi connectivity index (χ4v) is 3.59. The van der Waals surface area contributed by atoms with Crippen molar-refractivity contribution in [2.75, 3.05) is 12.4 Å². The highest BCUT2D eigenvalue weighted by Gasteiger charge is 2.26. The van der Waals surface area contributed by atoms with Crippen molar-refractivity contribution in [1.82, 2.24) is 4.98 Å². The molecule has 0 saturated heterocycles. The van der Waals surface area contributed by atoms with Crippen molar-refractivity contribution in [2.24, 2.45) is 0 Å². The molecule has 0 aliphatic rings. The average molecular weight is 489 g/mol. The second kappa shape index (κ2) is 11.3. The van der Waals surface area contributed by atoms with E-state index in [0.717, 1.165) is 5.56 Å². The van der Waals surface area contributed by atoms with Gasteiger partial charge in [0.2, 0.25) is 6.10 Å². The predicted molar refractivity (Wildman–Crippen MR) is 132 cm³/mol. The number of aromatic nitrogens is 1. The van der Waals surface area contributed by atoms with Crippen LogP contribution in [0.1, 0.15) is 29.5 Å². The molecule has 0 fully saturated rings. The lowest BCUT2D eigenvalue weighted by atomic mass is 10.1. The number of anilines is 1. The minimum absolute atomic E-state index is 0.0479. The number of ether oxygens (including phenoxy) is 2. The van der Waals surface area contributed by atoms with Crippen LogP contribution in [0.25, 0.3) is 11.3 Å². The maximum absolute atomic E-state index is 13.2. The molecule has 0 aliphatic heterocycles. The van der Waals surface area contributed by atoms with Gasteiger partial charge in [-0.1, -0.05) is 36.4 Å². The highest BCUT2D eigenvalue weighted by atomic mass is 19.1. The number of rotatable bonds is 9. The van der Waals surface area contributed by atoms with Crippen molar-refractivity contribution in [3.63, 3.8) is 0 Å². The van der Waals surface area contributed by atoms with Gasteiger partial charge in [0.15, 0.2) is 11.7 Å². The van der Waals surface area contributed by atoms with Crippen LogP contribution in [-0.4, -0.2) is 24.0 Å². The van der Waals surface area contributed by atoms with Gasteiger partial charge in [-0.15, -0.1) is 0 Å². The van der Waals surface area contributed by atoms with Crippen LogP contribution in [0.4, 0.5) is 10.1 Å². The molecular weight excluding hydrogens is 463 g/mol. The first-order valence-corrected chi connectivity index (χ1v) is 11.3. The maximum Gasteiger partial charge on any atom is 0.307 e. The molecule has 4 rings (SSSR count). The quantitative estimate of drug-likeness (QED) is 0.306. The van der Waals surface area contributed by atoms with Gasteiger partial charge in [0.25, 0.3) is 5.91 Å². The smallest absolute Gasteiger partial charge is 0.307 e. The summed E-state index contributed by atoms with van der Waals surface area (Å²) in [5, 5.41) is 2.81. The second-order valence-corrected chi connectivity index (χ2v) is 8.10. The zero-order chi connectivity index (χ0) is 25.5. The molecule has 0 spiro atoms. The first kappa shape index (κ1) is 24.7. The fraction of sp³-hybridized carbons (Fsp3) is 0.179. The van der Waals surface area contributed by atoms with Gasteiger partial charge in [-0.05, 0) is 48.9 Å². The highest BCUT2D eigenvalue weighted by Crippen LogP contribution is 2.28. The van der Waals surface area contributed by atoms with Crippen LogP contribution >= 0.6 is 0 Å². The molecule has 1 aromatic heterocycles. The fourth-order valence-electron chi connectivity index (χ4n) is 3.59. The van der Waals surface area contributed by atoms with Gasteiger partial charge in [-0.2, -0.15) is 0 Å². The average Bonchev–Trinajstić information content (AvgIpc) is 3.36. The molecule has 1 atom stereocenters. The van der Waals surface area contributed by atoms with Crippen molar-refractivity contribution >= 4 is 17.6 Å². The van der Waals surface area contributed by atoms with E-state index in [9.17, 15) is 14.0 Å². The molecule has 0 bridgehead atoms. The number of nitrogens with zero attached hydrogens (tertiary/aromatic N) is 1. The summed E-state index contributed by atoms with van der Waals surface area (Å²) in [5.74, 6) is -0.152. The molecule has 1 unspecified atom stereocenters. The van der Waals surface area contributed by atoms with Crippen LogP contribution in [0.2, 0.25) is 0 Å². The lowest BCUT2D eigenvalue weighted by Crippen LogP contribution is -2.26. The lowest BCUT2D eigenvalue weighted by molar-refractivity contribution is -0.154. The van der Waals surface area contributed by atoms with Crippen LogP contribution in [0.5, 0.6) is 5.75 Å². The summed E-state index contributed by atoms with van der Waals surface area (Å²) >= 11 is 0. The summed E-state index contributed by atoms with van der Waals surface area (Å²) in [6.45, 7) is 1.90. The number of hydrogen-bond donors (Lipinski definition) is 1. The molecule has 1 amide bonds. The van der Waals surface area contributed by atoms with Crippen LogP contribution in [0, 0.1) is 12.7 Å². The Hall–Kier alpha value is -4.46. The third kappa shape index (κ3) is 6.15. The topological polar surface area (TPSA) is 90.7 Å². The van der Waals surface area contributed by atoms with E-state index in [1.165, 1.54) is 25.4 Å². The number of methoxy groups -OCH3 is 1. The molecule has 8 heteroatoms. The number of amides is 1. The van der Waals surface area contributed by atoms with E-state index in [-0.39, 0.29) is 18.7 Å². The number of hydrogen-bond acceptors (Lipinski definition) is 6. The molecule has 0 saturated carbocycles. The van der Waals surface area contributed by atoms with Crippen molar-refractivity contribution in [3.8, 4) is 17.1 Å². The van der Waals surface area contributed by atoms with Crippen LogP contribution in [0.15, 0.2) is 83.4 Å². The van der Waals surface area contributed by atoms with E-state index in [2.05, 4.69) is 10.3 Å². The zero-order valence-corrected chi connectivity index (χ0v) is 19.9. The first-order valence-electron chi connectivity index (χ1n) is 11.3. The standard InChI is InChI=1S/C28H25FN2O5/c1-18-8-13-23(34-2)22(16-18)31-28(33)27(20-6-4-3-5-7-20)36-26(32)15-14-25-30-17-24(35-25)19-9-11-21(29)12-10-19/h3-13,16-17,27H,14-15H2,1-2H3,(H,31,33). The minimum atomic E-state index is -1.16. The maximum atomic E-state index is 13.2. The second-order valence-electron chi connectivity index (χ2n) is 8.10. The molecule has 1 heterocycles. The van der Waals surface area contributed by atoms with Crippen LogP contribution in [0.3, 0.4) is 0 Å². The van der Waals surface area contributed by atoms with Gasteiger partial charge in [0, 0.05) is 17.5 Å². The van der Waals surface area contributed by atoms with E-state index in [4.69, 9.17) is 13.9 Å². The summed E-state index contributed by atoms with van der Waals surface area (Å²) in [6, 6.07) is 20.0.